The molecule has 1 aromatic heterocycles. The molecule has 0 unspecified atom stereocenters. The molecule has 0 radical (unpaired) electrons. The van der Waals surface area contributed by atoms with Crippen LogP contribution >= 0.6 is 0 Å². The minimum atomic E-state index is -0.374. The van der Waals surface area contributed by atoms with Crippen LogP contribution in [0.15, 0.2) is 65.2 Å². The van der Waals surface area contributed by atoms with Crippen molar-refractivity contribution in [2.75, 3.05) is 0 Å². The van der Waals surface area contributed by atoms with E-state index in [0.29, 0.717) is 17.0 Å². The highest BCUT2D eigenvalue weighted by Crippen LogP contribution is 2.19. The lowest BCUT2D eigenvalue weighted by Crippen LogP contribution is -2.22. The van der Waals surface area contributed by atoms with Crippen LogP contribution in [-0.2, 0) is 6.54 Å². The summed E-state index contributed by atoms with van der Waals surface area (Å²) in [5.74, 6) is -0.0172. The third-order valence-electron chi connectivity index (χ3n) is 3.15. The van der Waals surface area contributed by atoms with Crippen molar-refractivity contribution in [3.63, 3.8) is 0 Å². The van der Waals surface area contributed by atoms with Crippen LogP contribution in [0.3, 0.4) is 0 Å². The van der Waals surface area contributed by atoms with E-state index in [1.165, 1.54) is 24.3 Å². The zero-order chi connectivity index (χ0) is 15.4. The van der Waals surface area contributed by atoms with Gasteiger partial charge in [-0.3, -0.25) is 4.79 Å². The van der Waals surface area contributed by atoms with Crippen LogP contribution in [0.2, 0.25) is 0 Å². The van der Waals surface area contributed by atoms with Gasteiger partial charge in [0, 0.05) is 17.2 Å². The second kappa shape index (κ2) is 6.22. The first-order chi connectivity index (χ1) is 10.7. The predicted molar refractivity (Wildman–Crippen MR) is 79.5 cm³/mol. The number of nitrogens with one attached hydrogen (secondary N) is 1. The Labute approximate surface area is 126 Å². The van der Waals surface area contributed by atoms with Gasteiger partial charge in [-0.1, -0.05) is 35.5 Å². The molecule has 0 aliphatic carbocycles. The zero-order valence-electron chi connectivity index (χ0n) is 11.6. The molecule has 1 N–H and O–H groups in total. The minimum absolute atomic E-state index is 0.243. The first-order valence-electron chi connectivity index (χ1n) is 6.77. The topological polar surface area (TPSA) is 55.1 Å². The molecule has 110 valence electrons. The Morgan fingerprint density at radius 1 is 1.09 bits per heavy atom. The van der Waals surface area contributed by atoms with Crippen LogP contribution in [0, 0.1) is 5.82 Å². The Morgan fingerprint density at radius 3 is 2.55 bits per heavy atom. The fraction of sp³-hybridized carbons (Fsp3) is 0.0588. The molecule has 0 atom stereocenters. The molecule has 0 saturated carbocycles. The summed E-state index contributed by atoms with van der Waals surface area (Å²) in [5, 5.41) is 6.64. The fourth-order valence-electron chi connectivity index (χ4n) is 2.01. The number of halogens is 1. The summed E-state index contributed by atoms with van der Waals surface area (Å²) in [5.41, 5.74) is 1.94. The van der Waals surface area contributed by atoms with Gasteiger partial charge in [-0.15, -0.1) is 0 Å². The molecular formula is C17H13FN2O2. The zero-order valence-corrected chi connectivity index (χ0v) is 11.6. The van der Waals surface area contributed by atoms with E-state index in [1.807, 2.05) is 30.3 Å². The Bertz CT molecular complexity index is 767. The van der Waals surface area contributed by atoms with E-state index in [2.05, 4.69) is 10.5 Å². The third kappa shape index (κ3) is 3.20. The summed E-state index contributed by atoms with van der Waals surface area (Å²) in [6.45, 7) is 0.243. The quantitative estimate of drug-likeness (QED) is 0.802. The van der Waals surface area contributed by atoms with Crippen molar-refractivity contribution in [1.29, 1.82) is 0 Å². The molecule has 1 amide bonds. The summed E-state index contributed by atoms with van der Waals surface area (Å²) < 4.78 is 18.1. The highest BCUT2D eigenvalue weighted by molar-refractivity contribution is 5.94. The van der Waals surface area contributed by atoms with Crippen LogP contribution in [0.5, 0.6) is 0 Å². The molecule has 0 bridgehead atoms. The van der Waals surface area contributed by atoms with Crippen molar-refractivity contribution in [3.05, 3.63) is 77.7 Å². The van der Waals surface area contributed by atoms with E-state index in [4.69, 9.17) is 4.52 Å². The van der Waals surface area contributed by atoms with Gasteiger partial charge in [0.1, 0.15) is 11.5 Å². The van der Waals surface area contributed by atoms with E-state index < -0.39 is 0 Å². The molecule has 0 aliphatic heterocycles. The molecule has 5 heteroatoms. The lowest BCUT2D eigenvalue weighted by atomic mass is 10.1. The smallest absolute Gasteiger partial charge is 0.251 e. The van der Waals surface area contributed by atoms with Crippen LogP contribution in [0.4, 0.5) is 4.39 Å². The first kappa shape index (κ1) is 14.0. The standard InChI is InChI=1S/C17H13FN2O2/c18-14-8-6-13(7-9-14)17(21)19-11-15-10-16(22-20-15)12-4-2-1-3-5-12/h1-10H,11H2,(H,19,21). The van der Waals surface area contributed by atoms with Gasteiger partial charge in [-0.25, -0.2) is 4.39 Å². The number of carbonyl (C=O) groups is 1. The number of hydrogen-bond acceptors (Lipinski definition) is 3. The molecule has 4 nitrogen and oxygen atoms in total. The molecule has 1 heterocycles. The molecule has 22 heavy (non-hydrogen) atoms. The van der Waals surface area contributed by atoms with Crippen molar-refractivity contribution < 1.29 is 13.7 Å². The summed E-state index contributed by atoms with van der Waals surface area (Å²) in [6.07, 6.45) is 0. The van der Waals surface area contributed by atoms with Crippen molar-refractivity contribution in [1.82, 2.24) is 10.5 Å². The van der Waals surface area contributed by atoms with Crippen molar-refractivity contribution in [2.45, 2.75) is 6.54 Å². The van der Waals surface area contributed by atoms with Crippen LogP contribution in [0.25, 0.3) is 11.3 Å². The minimum Gasteiger partial charge on any atom is -0.356 e. The summed E-state index contributed by atoms with van der Waals surface area (Å²) in [4.78, 5) is 11.9. The normalized spacial score (nSPS) is 10.4. The lowest BCUT2D eigenvalue weighted by Gasteiger charge is -2.02. The molecule has 3 aromatic rings. The van der Waals surface area contributed by atoms with E-state index in [1.54, 1.807) is 6.07 Å². The molecular weight excluding hydrogens is 283 g/mol. The maximum atomic E-state index is 12.8. The van der Waals surface area contributed by atoms with E-state index in [-0.39, 0.29) is 18.3 Å². The largest absolute Gasteiger partial charge is 0.356 e. The van der Waals surface area contributed by atoms with Crippen LogP contribution in [0.1, 0.15) is 16.1 Å². The average molecular weight is 296 g/mol. The Balaban J connectivity index is 1.64. The first-order valence-corrected chi connectivity index (χ1v) is 6.77. The highest BCUT2D eigenvalue weighted by atomic mass is 19.1. The number of hydrogen-bond donors (Lipinski definition) is 1. The second-order valence-corrected chi connectivity index (χ2v) is 4.74. The van der Waals surface area contributed by atoms with Crippen LogP contribution in [-0.4, -0.2) is 11.1 Å². The van der Waals surface area contributed by atoms with E-state index >= 15 is 0 Å². The Morgan fingerprint density at radius 2 is 1.82 bits per heavy atom. The highest BCUT2D eigenvalue weighted by Gasteiger charge is 2.09. The number of rotatable bonds is 4. The van der Waals surface area contributed by atoms with Crippen molar-refractivity contribution in [2.24, 2.45) is 0 Å². The number of amides is 1. The Hall–Kier alpha value is -2.95. The Kier molecular flexibility index (Phi) is 3.96. The summed E-state index contributed by atoms with van der Waals surface area (Å²) in [6, 6.07) is 16.7. The van der Waals surface area contributed by atoms with Crippen molar-refractivity contribution in [3.8, 4) is 11.3 Å². The van der Waals surface area contributed by atoms with Gasteiger partial charge in [0.05, 0.1) is 6.54 Å². The van der Waals surface area contributed by atoms with Crippen molar-refractivity contribution >= 4 is 5.91 Å². The summed E-state index contributed by atoms with van der Waals surface area (Å²) in [7, 11) is 0. The summed E-state index contributed by atoms with van der Waals surface area (Å²) >= 11 is 0. The molecule has 0 saturated heterocycles. The molecule has 0 fully saturated rings. The molecule has 2 aromatic carbocycles. The second-order valence-electron chi connectivity index (χ2n) is 4.74. The average Bonchev–Trinajstić information content (AvgIpc) is 3.03. The number of nitrogens with zero attached hydrogens (tertiary/aromatic N) is 1. The number of benzene rings is 2. The van der Waals surface area contributed by atoms with E-state index in [9.17, 15) is 9.18 Å². The monoisotopic (exact) mass is 296 g/mol. The number of carbonyl (C=O) groups excluding carboxylic acids is 1. The fourth-order valence-corrected chi connectivity index (χ4v) is 2.01. The SMILES string of the molecule is O=C(NCc1cc(-c2ccccc2)on1)c1ccc(F)cc1. The van der Waals surface area contributed by atoms with Gasteiger partial charge in [-0.2, -0.15) is 0 Å². The van der Waals surface area contributed by atoms with Gasteiger partial charge < -0.3 is 9.84 Å². The third-order valence-corrected chi connectivity index (χ3v) is 3.15. The van der Waals surface area contributed by atoms with Gasteiger partial charge in [0.25, 0.3) is 5.91 Å². The molecule has 0 aliphatic rings. The maximum Gasteiger partial charge on any atom is 0.251 e. The van der Waals surface area contributed by atoms with Gasteiger partial charge >= 0.3 is 0 Å². The van der Waals surface area contributed by atoms with E-state index in [0.717, 1.165) is 5.56 Å². The van der Waals surface area contributed by atoms with Gasteiger partial charge in [-0.05, 0) is 24.3 Å². The van der Waals surface area contributed by atoms with Gasteiger partial charge in [0.15, 0.2) is 5.76 Å². The molecule has 3 rings (SSSR count). The maximum absolute atomic E-state index is 12.8. The molecule has 0 spiro atoms. The number of aromatic nitrogens is 1. The lowest BCUT2D eigenvalue weighted by molar-refractivity contribution is 0.0950. The van der Waals surface area contributed by atoms with Crippen LogP contribution < -0.4 is 5.32 Å². The van der Waals surface area contributed by atoms with Gasteiger partial charge in [0.2, 0.25) is 0 Å². The predicted octanol–water partition coefficient (Wildman–Crippen LogP) is 3.41.